The van der Waals surface area contributed by atoms with E-state index in [4.69, 9.17) is 9.97 Å². The highest BCUT2D eigenvalue weighted by molar-refractivity contribution is 7.79. The summed E-state index contributed by atoms with van der Waals surface area (Å²) < 4.78 is 14.1. The Labute approximate surface area is 343 Å². The summed E-state index contributed by atoms with van der Waals surface area (Å²) in [5, 5.41) is 6.63. The number of rotatable bonds is 6. The van der Waals surface area contributed by atoms with Crippen molar-refractivity contribution in [1.82, 2.24) is 9.97 Å². The monoisotopic (exact) mass is 772 g/mol. The van der Waals surface area contributed by atoms with Crippen LogP contribution in [0.25, 0.3) is 100.0 Å². The minimum atomic E-state index is -2.66. The van der Waals surface area contributed by atoms with E-state index in [1.54, 1.807) is 0 Å². The maximum atomic E-state index is 14.1. The zero-order chi connectivity index (χ0) is 39.5. The summed E-state index contributed by atoms with van der Waals surface area (Å²) in [4.78, 5) is 10.2. The Balaban J connectivity index is 1.03. The van der Waals surface area contributed by atoms with Crippen LogP contribution in [0.15, 0.2) is 206 Å². The lowest BCUT2D eigenvalue weighted by molar-refractivity contribution is 0.591. The van der Waals surface area contributed by atoms with E-state index in [0.717, 1.165) is 60.9 Å². The van der Waals surface area contributed by atoms with Gasteiger partial charge in [-0.15, -0.1) is 0 Å². The first-order valence-electron chi connectivity index (χ1n) is 20.0. The second kappa shape index (κ2) is 14.0. The maximum Gasteiger partial charge on any atom is 0.160 e. The van der Waals surface area contributed by atoms with Crippen LogP contribution >= 0.6 is 7.14 Å². The Bertz CT molecular complexity index is 3230. The van der Waals surface area contributed by atoms with Gasteiger partial charge in [-0.2, -0.15) is 0 Å². The molecule has 278 valence electrons. The number of aromatic nitrogens is 2. The molecule has 0 bridgehead atoms. The predicted molar refractivity (Wildman–Crippen MR) is 248 cm³/mol. The summed E-state index contributed by atoms with van der Waals surface area (Å²) in [6, 6.07) is 72.4. The Morgan fingerprint density at radius 1 is 0.339 bits per heavy atom. The standard InChI is InChI=1S/C55H37N2OP/c1-59(58)51-23-13-12-18-43(51)48-34-42(32-33-52(48)59)54-46-21-10-8-19-44(46)53(45-20-9-11-22-47(45)54)40-30-28-39(29-31-40)50-35-49(56-55(57-50)41-16-6-3-7-17-41)38-26-24-37(25-27-38)36-14-4-2-5-15-36/h2-35H,1H3. The Morgan fingerprint density at radius 3 is 1.32 bits per heavy atom. The largest absolute Gasteiger partial charge is 0.314 e. The van der Waals surface area contributed by atoms with Crippen molar-refractivity contribution >= 4 is 39.3 Å². The second-order valence-corrected chi connectivity index (χ2v) is 18.2. The fourth-order valence-corrected chi connectivity index (χ4v) is 11.3. The van der Waals surface area contributed by atoms with Crippen LogP contribution < -0.4 is 10.6 Å². The van der Waals surface area contributed by atoms with Gasteiger partial charge < -0.3 is 4.57 Å². The maximum absolute atomic E-state index is 14.1. The van der Waals surface area contributed by atoms with Gasteiger partial charge in [0.15, 0.2) is 5.82 Å². The van der Waals surface area contributed by atoms with Crippen LogP contribution in [0.4, 0.5) is 0 Å². The van der Waals surface area contributed by atoms with E-state index in [1.165, 1.54) is 43.8 Å². The zero-order valence-electron chi connectivity index (χ0n) is 32.4. The van der Waals surface area contributed by atoms with Crippen molar-refractivity contribution in [1.29, 1.82) is 0 Å². The van der Waals surface area contributed by atoms with Gasteiger partial charge in [-0.05, 0) is 90.9 Å². The number of fused-ring (bicyclic) bond motifs is 5. The number of benzene rings is 9. The van der Waals surface area contributed by atoms with Crippen molar-refractivity contribution in [2.75, 3.05) is 6.66 Å². The van der Waals surface area contributed by atoms with E-state index in [9.17, 15) is 4.57 Å². The van der Waals surface area contributed by atoms with E-state index < -0.39 is 7.14 Å². The lowest BCUT2D eigenvalue weighted by Crippen LogP contribution is -2.07. The van der Waals surface area contributed by atoms with Crippen molar-refractivity contribution in [3.8, 4) is 78.4 Å². The molecule has 1 atom stereocenters. The smallest absolute Gasteiger partial charge is 0.160 e. The molecule has 3 nitrogen and oxygen atoms in total. The normalized spacial score (nSPS) is 14.3. The molecule has 1 aliphatic heterocycles. The van der Waals surface area contributed by atoms with Gasteiger partial charge in [0.2, 0.25) is 0 Å². The summed E-state index contributed by atoms with van der Waals surface area (Å²) in [7, 11) is -2.66. The predicted octanol–water partition coefficient (Wildman–Crippen LogP) is 13.7. The summed E-state index contributed by atoms with van der Waals surface area (Å²) in [6.45, 7) is 1.90. The average molecular weight is 773 g/mol. The SMILES string of the molecule is CP1(=O)c2ccccc2-c2cc(-c3c4ccccc4c(-c4ccc(-c5cc(-c6ccc(-c7ccccc7)cc6)nc(-c6ccccc6)n5)cc4)c4ccccc34)ccc21. The minimum absolute atomic E-state index is 0.693. The van der Waals surface area contributed by atoms with Gasteiger partial charge in [-0.3, -0.25) is 0 Å². The van der Waals surface area contributed by atoms with Crippen LogP contribution in [0.3, 0.4) is 0 Å². The third-order valence-electron chi connectivity index (χ3n) is 11.8. The third kappa shape index (κ3) is 5.94. The highest BCUT2D eigenvalue weighted by Crippen LogP contribution is 2.51. The van der Waals surface area contributed by atoms with Crippen molar-refractivity contribution in [2.45, 2.75) is 0 Å². The lowest BCUT2D eigenvalue weighted by atomic mass is 9.85. The van der Waals surface area contributed by atoms with Gasteiger partial charge >= 0.3 is 0 Å². The molecule has 0 fully saturated rings. The molecule has 0 saturated carbocycles. The molecule has 0 spiro atoms. The van der Waals surface area contributed by atoms with Gasteiger partial charge in [0.25, 0.3) is 0 Å². The van der Waals surface area contributed by atoms with Crippen LogP contribution in [0.5, 0.6) is 0 Å². The van der Waals surface area contributed by atoms with Crippen molar-refractivity contribution in [2.24, 2.45) is 0 Å². The molecule has 0 N–H and O–H groups in total. The molecular formula is C55H37N2OP. The van der Waals surface area contributed by atoms with Crippen LogP contribution in [-0.2, 0) is 4.57 Å². The highest BCUT2D eigenvalue weighted by Gasteiger charge is 2.34. The molecule has 1 aromatic heterocycles. The fourth-order valence-electron chi connectivity index (χ4n) is 8.96. The lowest BCUT2D eigenvalue weighted by Gasteiger charge is -2.18. The first kappa shape index (κ1) is 35.0. The van der Waals surface area contributed by atoms with E-state index in [0.29, 0.717) is 5.82 Å². The molecule has 2 heterocycles. The highest BCUT2D eigenvalue weighted by atomic mass is 31.2. The molecule has 59 heavy (non-hydrogen) atoms. The van der Waals surface area contributed by atoms with Gasteiger partial charge in [0.1, 0.15) is 7.14 Å². The molecule has 0 amide bonds. The number of hydrogen-bond donors (Lipinski definition) is 0. The Morgan fingerprint density at radius 2 is 0.746 bits per heavy atom. The summed E-state index contributed by atoms with van der Waals surface area (Å²) in [5.74, 6) is 0.693. The van der Waals surface area contributed by atoms with Gasteiger partial charge in [-0.1, -0.05) is 188 Å². The number of nitrogens with zero attached hydrogens (tertiary/aromatic N) is 2. The molecule has 0 radical (unpaired) electrons. The van der Waals surface area contributed by atoms with E-state index in [1.807, 2.05) is 49.1 Å². The third-order valence-corrected chi connectivity index (χ3v) is 14.5. The summed E-state index contributed by atoms with van der Waals surface area (Å²) >= 11 is 0. The van der Waals surface area contributed by atoms with Crippen molar-refractivity contribution in [3.63, 3.8) is 0 Å². The van der Waals surface area contributed by atoms with Gasteiger partial charge in [-0.25, -0.2) is 9.97 Å². The topological polar surface area (TPSA) is 42.9 Å². The summed E-state index contributed by atoms with van der Waals surface area (Å²) in [6.07, 6.45) is 0. The molecule has 9 aromatic carbocycles. The average Bonchev–Trinajstić information content (AvgIpc) is 3.53. The number of hydrogen-bond acceptors (Lipinski definition) is 3. The molecule has 0 aliphatic carbocycles. The fraction of sp³-hybridized carbons (Fsp3) is 0.0182. The molecular weight excluding hydrogens is 736 g/mol. The van der Waals surface area contributed by atoms with E-state index in [2.05, 4.69) is 164 Å². The first-order chi connectivity index (χ1) is 29.0. The quantitative estimate of drug-likeness (QED) is 0.125. The van der Waals surface area contributed by atoms with E-state index in [-0.39, 0.29) is 0 Å². The van der Waals surface area contributed by atoms with Crippen molar-refractivity contribution < 1.29 is 4.57 Å². The molecule has 4 heteroatoms. The molecule has 0 saturated heterocycles. The Hall–Kier alpha value is -7.19. The van der Waals surface area contributed by atoms with Crippen LogP contribution in [0.2, 0.25) is 0 Å². The molecule has 11 rings (SSSR count). The van der Waals surface area contributed by atoms with Crippen LogP contribution in [0.1, 0.15) is 0 Å². The molecule has 1 aliphatic rings. The molecule has 10 aromatic rings. The minimum Gasteiger partial charge on any atom is -0.314 e. The van der Waals surface area contributed by atoms with E-state index >= 15 is 0 Å². The van der Waals surface area contributed by atoms with Crippen molar-refractivity contribution in [3.05, 3.63) is 206 Å². The van der Waals surface area contributed by atoms with Crippen LogP contribution in [-0.4, -0.2) is 16.6 Å². The Kier molecular flexibility index (Phi) is 8.32. The molecule has 1 unspecified atom stereocenters. The second-order valence-electron chi connectivity index (χ2n) is 15.4. The van der Waals surface area contributed by atoms with Crippen LogP contribution in [0, 0.1) is 0 Å². The zero-order valence-corrected chi connectivity index (χ0v) is 33.3. The van der Waals surface area contributed by atoms with Gasteiger partial charge in [0, 0.05) is 27.3 Å². The van der Waals surface area contributed by atoms with Gasteiger partial charge in [0.05, 0.1) is 11.4 Å². The summed E-state index contributed by atoms with van der Waals surface area (Å²) in [5.41, 5.74) is 13.9. The first-order valence-corrected chi connectivity index (χ1v) is 22.1.